The Morgan fingerprint density at radius 3 is 2.64 bits per heavy atom. The maximum Gasteiger partial charge on any atom is 0.433 e. The van der Waals surface area contributed by atoms with Gasteiger partial charge in [0.05, 0.1) is 6.54 Å². The third kappa shape index (κ3) is 1.75. The zero-order valence-corrected chi connectivity index (χ0v) is 7.38. The molecule has 0 spiro atoms. The lowest BCUT2D eigenvalue weighted by Crippen LogP contribution is -2.30. The molecule has 3 nitrogen and oxygen atoms in total. The van der Waals surface area contributed by atoms with Crippen LogP contribution >= 0.6 is 0 Å². The van der Waals surface area contributed by atoms with E-state index >= 15 is 0 Å². The summed E-state index contributed by atoms with van der Waals surface area (Å²) in [5, 5.41) is 3.62. The van der Waals surface area contributed by atoms with Crippen LogP contribution in [0.4, 0.5) is 13.2 Å². The molecule has 0 atom stereocenters. The van der Waals surface area contributed by atoms with Crippen LogP contribution < -0.4 is 5.73 Å². The van der Waals surface area contributed by atoms with E-state index in [4.69, 9.17) is 5.73 Å². The molecule has 1 saturated carbocycles. The lowest BCUT2D eigenvalue weighted by atomic mass is 10.3. The summed E-state index contributed by atoms with van der Waals surface area (Å²) in [6, 6.07) is 0.964. The minimum Gasteiger partial charge on any atom is -0.324 e. The molecule has 0 bridgehead atoms. The second-order valence-corrected chi connectivity index (χ2v) is 3.73. The van der Waals surface area contributed by atoms with Gasteiger partial charge in [-0.05, 0) is 18.9 Å². The monoisotopic (exact) mass is 205 g/mol. The summed E-state index contributed by atoms with van der Waals surface area (Å²) in [6.07, 6.45) is -1.66. The van der Waals surface area contributed by atoms with Gasteiger partial charge in [-0.3, -0.25) is 4.68 Å². The lowest BCUT2D eigenvalue weighted by molar-refractivity contribution is -0.144. The fraction of sp³-hybridized carbons (Fsp3) is 0.625. The molecule has 1 aliphatic carbocycles. The number of nitrogens with two attached hydrogens (primary N) is 1. The SMILES string of the molecule is NC1(Cn2nccc2C(F)(F)F)CC1. The normalized spacial score (nSPS) is 19.7. The summed E-state index contributed by atoms with van der Waals surface area (Å²) >= 11 is 0. The molecule has 14 heavy (non-hydrogen) atoms. The zero-order chi connectivity index (χ0) is 10.4. The van der Waals surface area contributed by atoms with Crippen molar-refractivity contribution < 1.29 is 13.2 Å². The molecule has 0 unspecified atom stereocenters. The number of halogens is 3. The second-order valence-electron chi connectivity index (χ2n) is 3.73. The molecular formula is C8H10F3N3. The van der Waals surface area contributed by atoms with Crippen molar-refractivity contribution in [2.75, 3.05) is 0 Å². The Hall–Kier alpha value is -1.04. The van der Waals surface area contributed by atoms with Crippen LogP contribution in [-0.4, -0.2) is 15.3 Å². The Kier molecular flexibility index (Phi) is 1.85. The maximum absolute atomic E-state index is 12.4. The van der Waals surface area contributed by atoms with Gasteiger partial charge in [-0.25, -0.2) is 0 Å². The summed E-state index contributed by atoms with van der Waals surface area (Å²) in [5.41, 5.74) is 4.53. The first-order valence-electron chi connectivity index (χ1n) is 4.29. The highest BCUT2D eigenvalue weighted by Gasteiger charge is 2.42. The van der Waals surface area contributed by atoms with E-state index in [1.807, 2.05) is 0 Å². The smallest absolute Gasteiger partial charge is 0.324 e. The first kappa shape index (κ1) is 9.51. The first-order chi connectivity index (χ1) is 6.41. The van der Waals surface area contributed by atoms with Crippen LogP contribution in [-0.2, 0) is 12.7 Å². The Morgan fingerprint density at radius 1 is 1.50 bits per heavy atom. The van der Waals surface area contributed by atoms with Crippen molar-refractivity contribution in [3.8, 4) is 0 Å². The van der Waals surface area contributed by atoms with Crippen LogP contribution in [0, 0.1) is 0 Å². The van der Waals surface area contributed by atoms with Crippen molar-refractivity contribution in [3.63, 3.8) is 0 Å². The summed E-state index contributed by atoms with van der Waals surface area (Å²) in [4.78, 5) is 0. The molecule has 2 N–H and O–H groups in total. The van der Waals surface area contributed by atoms with E-state index in [-0.39, 0.29) is 6.54 Å². The van der Waals surface area contributed by atoms with E-state index in [9.17, 15) is 13.2 Å². The number of nitrogens with zero attached hydrogens (tertiary/aromatic N) is 2. The molecular weight excluding hydrogens is 195 g/mol. The Bertz CT molecular complexity index is 338. The van der Waals surface area contributed by atoms with Gasteiger partial charge in [0, 0.05) is 11.7 Å². The van der Waals surface area contributed by atoms with E-state index in [1.54, 1.807) is 0 Å². The molecule has 0 aromatic carbocycles. The number of alkyl halides is 3. The van der Waals surface area contributed by atoms with Crippen molar-refractivity contribution in [3.05, 3.63) is 18.0 Å². The van der Waals surface area contributed by atoms with Crippen LogP contribution in [0.3, 0.4) is 0 Å². The van der Waals surface area contributed by atoms with E-state index < -0.39 is 17.4 Å². The highest BCUT2D eigenvalue weighted by Crippen LogP contribution is 2.36. The van der Waals surface area contributed by atoms with Gasteiger partial charge in [0.2, 0.25) is 0 Å². The molecule has 6 heteroatoms. The van der Waals surface area contributed by atoms with E-state index in [2.05, 4.69) is 5.10 Å². The van der Waals surface area contributed by atoms with Crippen molar-refractivity contribution in [1.29, 1.82) is 0 Å². The van der Waals surface area contributed by atoms with Crippen LogP contribution in [0.15, 0.2) is 12.3 Å². The highest BCUT2D eigenvalue weighted by molar-refractivity contribution is 5.08. The molecule has 1 heterocycles. The fourth-order valence-electron chi connectivity index (χ4n) is 1.32. The predicted molar refractivity (Wildman–Crippen MR) is 43.4 cm³/mol. The van der Waals surface area contributed by atoms with Gasteiger partial charge in [-0.15, -0.1) is 0 Å². The molecule has 0 amide bonds. The van der Waals surface area contributed by atoms with E-state index in [0.29, 0.717) is 0 Å². The van der Waals surface area contributed by atoms with Gasteiger partial charge in [-0.1, -0.05) is 0 Å². The molecule has 1 aromatic rings. The van der Waals surface area contributed by atoms with Gasteiger partial charge < -0.3 is 5.73 Å². The number of hydrogen-bond donors (Lipinski definition) is 1. The third-order valence-corrected chi connectivity index (χ3v) is 2.36. The summed E-state index contributed by atoms with van der Waals surface area (Å²) in [5.74, 6) is 0. The molecule has 1 aromatic heterocycles. The molecule has 0 saturated heterocycles. The maximum atomic E-state index is 12.4. The second kappa shape index (κ2) is 2.73. The van der Waals surface area contributed by atoms with Crippen LogP contribution in [0.5, 0.6) is 0 Å². The van der Waals surface area contributed by atoms with Gasteiger partial charge in [0.15, 0.2) is 0 Å². The largest absolute Gasteiger partial charge is 0.433 e. The Balaban J connectivity index is 2.21. The Labute approximate surface area is 78.7 Å². The van der Waals surface area contributed by atoms with Crippen LogP contribution in [0.25, 0.3) is 0 Å². The van der Waals surface area contributed by atoms with Crippen molar-refractivity contribution >= 4 is 0 Å². The molecule has 2 rings (SSSR count). The zero-order valence-electron chi connectivity index (χ0n) is 7.38. The Morgan fingerprint density at radius 2 is 2.14 bits per heavy atom. The molecule has 0 radical (unpaired) electrons. The van der Waals surface area contributed by atoms with Gasteiger partial charge in [0.25, 0.3) is 0 Å². The first-order valence-corrected chi connectivity index (χ1v) is 4.29. The van der Waals surface area contributed by atoms with Crippen molar-refractivity contribution in [1.82, 2.24) is 9.78 Å². The summed E-state index contributed by atoms with van der Waals surface area (Å²) in [6.45, 7) is 0.148. The minimum absolute atomic E-state index is 0.148. The number of hydrogen-bond acceptors (Lipinski definition) is 2. The van der Waals surface area contributed by atoms with Gasteiger partial charge in [-0.2, -0.15) is 18.3 Å². The van der Waals surface area contributed by atoms with Crippen LogP contribution in [0.1, 0.15) is 18.5 Å². The topological polar surface area (TPSA) is 43.8 Å². The van der Waals surface area contributed by atoms with Crippen molar-refractivity contribution in [2.45, 2.75) is 31.1 Å². The van der Waals surface area contributed by atoms with Gasteiger partial charge in [0.1, 0.15) is 5.69 Å². The third-order valence-electron chi connectivity index (χ3n) is 2.36. The average molecular weight is 205 g/mol. The standard InChI is InChI=1S/C8H10F3N3/c9-8(10,11)6-1-4-13-14(6)5-7(12)2-3-7/h1,4H,2-3,5,12H2. The van der Waals surface area contributed by atoms with Crippen molar-refractivity contribution in [2.24, 2.45) is 5.73 Å². The van der Waals surface area contributed by atoms with Crippen LogP contribution in [0.2, 0.25) is 0 Å². The molecule has 0 aliphatic heterocycles. The number of rotatable bonds is 2. The molecule has 78 valence electrons. The molecule has 1 fully saturated rings. The average Bonchev–Trinajstić information content (AvgIpc) is 2.61. The quantitative estimate of drug-likeness (QED) is 0.792. The summed E-state index contributed by atoms with van der Waals surface area (Å²) < 4.78 is 38.1. The summed E-state index contributed by atoms with van der Waals surface area (Å²) in [7, 11) is 0. The minimum atomic E-state index is -4.35. The molecule has 1 aliphatic rings. The fourth-order valence-corrected chi connectivity index (χ4v) is 1.32. The predicted octanol–water partition coefficient (Wildman–Crippen LogP) is 1.39. The highest BCUT2D eigenvalue weighted by atomic mass is 19.4. The van der Waals surface area contributed by atoms with Gasteiger partial charge >= 0.3 is 6.18 Å². The number of aromatic nitrogens is 2. The van der Waals surface area contributed by atoms with E-state index in [1.165, 1.54) is 0 Å². The lowest BCUT2D eigenvalue weighted by Gasteiger charge is -2.13. The van der Waals surface area contributed by atoms with E-state index in [0.717, 1.165) is 29.8 Å².